The molecule has 2 N–H and O–H groups in total. The van der Waals surface area contributed by atoms with Crippen LogP contribution in [0.25, 0.3) is 0 Å². The summed E-state index contributed by atoms with van der Waals surface area (Å²) in [5, 5.41) is 17.9. The zero-order chi connectivity index (χ0) is 15.1. The van der Waals surface area contributed by atoms with Crippen LogP contribution in [-0.2, 0) is 11.2 Å². The third kappa shape index (κ3) is 4.31. The first kappa shape index (κ1) is 14.5. The second-order valence-electron chi connectivity index (χ2n) is 4.37. The predicted octanol–water partition coefficient (Wildman–Crippen LogP) is 0.803. The molecule has 7 heteroatoms. The highest BCUT2D eigenvalue weighted by atomic mass is 16.5. The van der Waals surface area contributed by atoms with Gasteiger partial charge in [0.15, 0.2) is 6.10 Å². The first-order valence-electron chi connectivity index (χ1n) is 6.48. The predicted molar refractivity (Wildman–Crippen MR) is 74.3 cm³/mol. The Bertz CT molecular complexity index is 616. The lowest BCUT2D eigenvalue weighted by molar-refractivity contribution is -0.127. The Balaban J connectivity index is 1.77. The standard InChI is InChI=1S/C14H15N5O2/c1-10(21-12-4-2-11(8-15)3-5-12)14(20)16-7-6-13-17-9-18-19-13/h2-5,9-10H,6-7H2,1H3,(H,16,20)(H,17,18,19). The highest BCUT2D eigenvalue weighted by molar-refractivity contribution is 5.80. The fourth-order valence-electron chi connectivity index (χ4n) is 1.66. The largest absolute Gasteiger partial charge is 0.481 e. The van der Waals surface area contributed by atoms with E-state index in [2.05, 4.69) is 20.5 Å². The average molecular weight is 285 g/mol. The van der Waals surface area contributed by atoms with Gasteiger partial charge in [-0.05, 0) is 31.2 Å². The van der Waals surface area contributed by atoms with Crippen molar-refractivity contribution in [3.63, 3.8) is 0 Å². The van der Waals surface area contributed by atoms with Crippen LogP contribution in [0.1, 0.15) is 18.3 Å². The van der Waals surface area contributed by atoms with E-state index in [4.69, 9.17) is 10.00 Å². The smallest absolute Gasteiger partial charge is 0.260 e. The Morgan fingerprint density at radius 3 is 2.86 bits per heavy atom. The van der Waals surface area contributed by atoms with E-state index in [0.717, 1.165) is 5.82 Å². The van der Waals surface area contributed by atoms with E-state index in [1.165, 1.54) is 6.33 Å². The first-order valence-corrected chi connectivity index (χ1v) is 6.48. The van der Waals surface area contributed by atoms with E-state index < -0.39 is 6.10 Å². The molecule has 2 aromatic rings. The van der Waals surface area contributed by atoms with Gasteiger partial charge in [0, 0.05) is 13.0 Å². The molecule has 21 heavy (non-hydrogen) atoms. The fourth-order valence-corrected chi connectivity index (χ4v) is 1.66. The van der Waals surface area contributed by atoms with Crippen molar-refractivity contribution >= 4 is 5.91 Å². The molecule has 1 atom stereocenters. The molecule has 0 spiro atoms. The van der Waals surface area contributed by atoms with Gasteiger partial charge >= 0.3 is 0 Å². The summed E-state index contributed by atoms with van der Waals surface area (Å²) in [7, 11) is 0. The molecule has 1 amide bonds. The number of carbonyl (C=O) groups is 1. The number of amides is 1. The van der Waals surface area contributed by atoms with E-state index in [0.29, 0.717) is 24.3 Å². The molecule has 0 bridgehead atoms. The second-order valence-corrected chi connectivity index (χ2v) is 4.37. The summed E-state index contributed by atoms with van der Waals surface area (Å²) in [4.78, 5) is 15.8. The lowest BCUT2D eigenvalue weighted by Crippen LogP contribution is -2.37. The number of benzene rings is 1. The van der Waals surface area contributed by atoms with Crippen molar-refractivity contribution in [3.8, 4) is 11.8 Å². The van der Waals surface area contributed by atoms with Gasteiger partial charge in [-0.25, -0.2) is 4.98 Å². The molecular formula is C14H15N5O2. The Hall–Kier alpha value is -2.88. The van der Waals surface area contributed by atoms with Crippen molar-refractivity contribution in [1.29, 1.82) is 5.26 Å². The minimum Gasteiger partial charge on any atom is -0.481 e. The first-order chi connectivity index (χ1) is 10.2. The Morgan fingerprint density at radius 2 is 2.24 bits per heavy atom. The molecule has 0 aliphatic heterocycles. The maximum absolute atomic E-state index is 11.9. The van der Waals surface area contributed by atoms with Gasteiger partial charge in [-0.2, -0.15) is 10.4 Å². The summed E-state index contributed by atoms with van der Waals surface area (Å²) in [5.41, 5.74) is 0.548. The summed E-state index contributed by atoms with van der Waals surface area (Å²) < 4.78 is 5.51. The highest BCUT2D eigenvalue weighted by Gasteiger charge is 2.14. The van der Waals surface area contributed by atoms with Gasteiger partial charge in [-0.3, -0.25) is 9.89 Å². The van der Waals surface area contributed by atoms with Crippen LogP contribution in [0, 0.1) is 11.3 Å². The topological polar surface area (TPSA) is 104 Å². The average Bonchev–Trinajstić information content (AvgIpc) is 3.01. The summed E-state index contributed by atoms with van der Waals surface area (Å²) in [5.74, 6) is 1.06. The third-order valence-corrected chi connectivity index (χ3v) is 2.79. The van der Waals surface area contributed by atoms with Crippen LogP contribution >= 0.6 is 0 Å². The number of ether oxygens (including phenoxy) is 1. The van der Waals surface area contributed by atoms with Crippen molar-refractivity contribution in [2.24, 2.45) is 0 Å². The maximum atomic E-state index is 11.9. The van der Waals surface area contributed by atoms with Gasteiger partial charge in [0.05, 0.1) is 11.6 Å². The van der Waals surface area contributed by atoms with Gasteiger partial charge in [-0.1, -0.05) is 0 Å². The molecule has 0 saturated carbocycles. The number of H-pyrrole nitrogens is 1. The molecule has 2 rings (SSSR count). The van der Waals surface area contributed by atoms with E-state index in [1.54, 1.807) is 31.2 Å². The lowest BCUT2D eigenvalue weighted by atomic mass is 10.2. The van der Waals surface area contributed by atoms with Gasteiger partial charge in [0.1, 0.15) is 17.9 Å². The highest BCUT2D eigenvalue weighted by Crippen LogP contribution is 2.13. The number of aromatic nitrogens is 3. The number of hydrogen-bond acceptors (Lipinski definition) is 5. The summed E-state index contributed by atoms with van der Waals surface area (Å²) in [6.45, 7) is 2.12. The van der Waals surface area contributed by atoms with Crippen LogP contribution < -0.4 is 10.1 Å². The van der Waals surface area contributed by atoms with Crippen LogP contribution in [0.5, 0.6) is 5.75 Å². The quantitative estimate of drug-likeness (QED) is 0.817. The number of nitrogens with zero attached hydrogens (tertiary/aromatic N) is 3. The summed E-state index contributed by atoms with van der Waals surface area (Å²) >= 11 is 0. The Labute approximate surface area is 122 Å². The van der Waals surface area contributed by atoms with E-state index in [1.807, 2.05) is 6.07 Å². The number of nitriles is 1. The molecule has 1 heterocycles. The van der Waals surface area contributed by atoms with Gasteiger partial charge < -0.3 is 10.1 Å². The van der Waals surface area contributed by atoms with Crippen LogP contribution in [0.3, 0.4) is 0 Å². The van der Waals surface area contributed by atoms with Gasteiger partial charge in [-0.15, -0.1) is 0 Å². The number of nitrogens with one attached hydrogen (secondary N) is 2. The number of carbonyl (C=O) groups excluding carboxylic acids is 1. The molecule has 1 aromatic carbocycles. The molecule has 0 fully saturated rings. The zero-order valence-corrected chi connectivity index (χ0v) is 11.5. The number of hydrogen-bond donors (Lipinski definition) is 2. The second kappa shape index (κ2) is 7.05. The normalized spacial score (nSPS) is 11.4. The SMILES string of the molecule is CC(Oc1ccc(C#N)cc1)C(=O)NCCc1ncn[nH]1. The van der Waals surface area contributed by atoms with E-state index in [9.17, 15) is 4.79 Å². The molecule has 0 aliphatic carbocycles. The molecule has 0 radical (unpaired) electrons. The Kier molecular flexibility index (Phi) is 4.88. The minimum atomic E-state index is -0.618. The van der Waals surface area contributed by atoms with Crippen molar-refractivity contribution in [1.82, 2.24) is 20.5 Å². The molecule has 0 aliphatic rings. The van der Waals surface area contributed by atoms with E-state index in [-0.39, 0.29) is 5.91 Å². The fraction of sp³-hybridized carbons (Fsp3) is 0.286. The molecule has 1 aromatic heterocycles. The minimum absolute atomic E-state index is 0.209. The van der Waals surface area contributed by atoms with Crippen molar-refractivity contribution in [2.45, 2.75) is 19.4 Å². The molecular weight excluding hydrogens is 270 g/mol. The van der Waals surface area contributed by atoms with Crippen LogP contribution in [0.4, 0.5) is 0 Å². The van der Waals surface area contributed by atoms with Gasteiger partial charge in [0.2, 0.25) is 0 Å². The molecule has 7 nitrogen and oxygen atoms in total. The van der Waals surface area contributed by atoms with Crippen molar-refractivity contribution < 1.29 is 9.53 Å². The van der Waals surface area contributed by atoms with Crippen LogP contribution in [-0.4, -0.2) is 33.7 Å². The third-order valence-electron chi connectivity index (χ3n) is 2.79. The molecule has 0 saturated heterocycles. The lowest BCUT2D eigenvalue weighted by Gasteiger charge is -2.14. The maximum Gasteiger partial charge on any atom is 0.260 e. The van der Waals surface area contributed by atoms with Crippen LogP contribution in [0.2, 0.25) is 0 Å². The Morgan fingerprint density at radius 1 is 1.48 bits per heavy atom. The number of rotatable bonds is 6. The van der Waals surface area contributed by atoms with Crippen LogP contribution in [0.15, 0.2) is 30.6 Å². The number of aromatic amines is 1. The summed E-state index contributed by atoms with van der Waals surface area (Å²) in [6, 6.07) is 8.64. The van der Waals surface area contributed by atoms with E-state index >= 15 is 0 Å². The van der Waals surface area contributed by atoms with Crippen molar-refractivity contribution in [3.05, 3.63) is 42.0 Å². The molecule has 1 unspecified atom stereocenters. The summed E-state index contributed by atoms with van der Waals surface area (Å²) in [6.07, 6.45) is 1.39. The molecule has 108 valence electrons. The van der Waals surface area contributed by atoms with Gasteiger partial charge in [0.25, 0.3) is 5.91 Å². The van der Waals surface area contributed by atoms with Crippen molar-refractivity contribution in [2.75, 3.05) is 6.54 Å². The zero-order valence-electron chi connectivity index (χ0n) is 11.5. The monoisotopic (exact) mass is 285 g/mol.